The smallest absolute Gasteiger partial charge is 0.269 e. The fourth-order valence-corrected chi connectivity index (χ4v) is 2.31. The molecule has 0 aliphatic rings. The van der Waals surface area contributed by atoms with Crippen LogP contribution in [0.15, 0.2) is 36.4 Å². The van der Waals surface area contributed by atoms with Crippen LogP contribution in [-0.2, 0) is 6.61 Å². The molecule has 0 saturated carbocycles. The highest BCUT2D eigenvalue weighted by Gasteiger charge is 2.11. The zero-order valence-electron chi connectivity index (χ0n) is 10.6. The molecule has 0 aliphatic heterocycles. The minimum absolute atomic E-state index is 0.0235. The number of aldehydes is 1. The van der Waals surface area contributed by atoms with Crippen molar-refractivity contribution < 1.29 is 14.5 Å². The predicted octanol–water partition coefficient (Wildman–Crippen LogP) is 4.29. The van der Waals surface area contributed by atoms with Gasteiger partial charge < -0.3 is 4.74 Å². The standard InChI is InChI=1S/C14H9Cl2NO4/c15-12-5-10(7-18)6-13(16)14(12)21-8-9-2-1-3-11(4-9)17(19)20/h1-7H,8H2. The average Bonchev–Trinajstić information content (AvgIpc) is 2.46. The Hall–Kier alpha value is -2.11. The van der Waals surface area contributed by atoms with E-state index in [1.807, 2.05) is 0 Å². The van der Waals surface area contributed by atoms with Gasteiger partial charge in [0.15, 0.2) is 5.75 Å². The van der Waals surface area contributed by atoms with E-state index in [0.717, 1.165) is 0 Å². The molecule has 0 fully saturated rings. The number of ether oxygens (including phenoxy) is 1. The maximum atomic E-state index is 10.7. The summed E-state index contributed by atoms with van der Waals surface area (Å²) in [6.07, 6.45) is 0.627. The molecule has 0 aliphatic carbocycles. The van der Waals surface area contributed by atoms with Crippen molar-refractivity contribution in [2.45, 2.75) is 6.61 Å². The van der Waals surface area contributed by atoms with Gasteiger partial charge in [0, 0.05) is 17.7 Å². The minimum Gasteiger partial charge on any atom is -0.486 e. The van der Waals surface area contributed by atoms with E-state index in [9.17, 15) is 14.9 Å². The summed E-state index contributed by atoms with van der Waals surface area (Å²) >= 11 is 12.0. The van der Waals surface area contributed by atoms with E-state index < -0.39 is 4.92 Å². The summed E-state index contributed by atoms with van der Waals surface area (Å²) in [7, 11) is 0. The van der Waals surface area contributed by atoms with E-state index >= 15 is 0 Å². The lowest BCUT2D eigenvalue weighted by molar-refractivity contribution is -0.384. The Morgan fingerprint density at radius 1 is 1.19 bits per heavy atom. The van der Waals surface area contributed by atoms with Crippen LogP contribution in [0, 0.1) is 10.1 Å². The van der Waals surface area contributed by atoms with E-state index in [2.05, 4.69) is 0 Å². The van der Waals surface area contributed by atoms with Crippen LogP contribution in [0.3, 0.4) is 0 Å². The normalized spacial score (nSPS) is 10.2. The van der Waals surface area contributed by atoms with E-state index in [1.165, 1.54) is 24.3 Å². The summed E-state index contributed by atoms with van der Waals surface area (Å²) in [6.45, 7) is 0.0710. The van der Waals surface area contributed by atoms with Crippen molar-refractivity contribution >= 4 is 35.2 Å². The zero-order chi connectivity index (χ0) is 15.4. The Labute approximate surface area is 130 Å². The number of hydrogen-bond donors (Lipinski definition) is 0. The quantitative estimate of drug-likeness (QED) is 0.467. The number of benzene rings is 2. The van der Waals surface area contributed by atoms with Crippen molar-refractivity contribution in [2.75, 3.05) is 0 Å². The molecule has 21 heavy (non-hydrogen) atoms. The number of non-ortho nitro benzene ring substituents is 1. The second-order valence-corrected chi connectivity index (χ2v) is 4.96. The van der Waals surface area contributed by atoms with Crippen molar-refractivity contribution in [3.63, 3.8) is 0 Å². The Kier molecular flexibility index (Phi) is 4.77. The molecular weight excluding hydrogens is 317 g/mol. The topological polar surface area (TPSA) is 69.4 Å². The van der Waals surface area contributed by atoms with Crippen molar-refractivity contribution in [3.8, 4) is 5.75 Å². The van der Waals surface area contributed by atoms with Crippen LogP contribution in [0.1, 0.15) is 15.9 Å². The molecule has 7 heteroatoms. The minimum atomic E-state index is -0.484. The first-order valence-electron chi connectivity index (χ1n) is 5.81. The first kappa shape index (κ1) is 15.3. The zero-order valence-corrected chi connectivity index (χ0v) is 12.1. The van der Waals surface area contributed by atoms with Crippen molar-refractivity contribution in [1.82, 2.24) is 0 Å². The van der Waals surface area contributed by atoms with Gasteiger partial charge in [-0.3, -0.25) is 14.9 Å². The van der Waals surface area contributed by atoms with Gasteiger partial charge in [0.05, 0.1) is 15.0 Å². The molecule has 0 saturated heterocycles. The molecule has 2 aromatic rings. The molecule has 0 radical (unpaired) electrons. The number of rotatable bonds is 5. The van der Waals surface area contributed by atoms with Crippen LogP contribution in [-0.4, -0.2) is 11.2 Å². The first-order chi connectivity index (χ1) is 10.0. The number of nitrogens with zero attached hydrogens (tertiary/aromatic N) is 1. The third kappa shape index (κ3) is 3.71. The highest BCUT2D eigenvalue weighted by molar-refractivity contribution is 6.37. The predicted molar refractivity (Wildman–Crippen MR) is 79.3 cm³/mol. The van der Waals surface area contributed by atoms with Crippen LogP contribution in [0.4, 0.5) is 5.69 Å². The molecular formula is C14H9Cl2NO4. The second-order valence-electron chi connectivity index (χ2n) is 4.15. The second kappa shape index (κ2) is 6.56. The number of carbonyl (C=O) groups excluding carboxylic acids is 1. The Balaban J connectivity index is 2.18. The molecule has 0 amide bonds. The summed E-state index contributed by atoms with van der Waals surface area (Å²) in [5.74, 6) is 0.232. The average molecular weight is 326 g/mol. The summed E-state index contributed by atoms with van der Waals surface area (Å²) in [5, 5.41) is 11.1. The van der Waals surface area contributed by atoms with E-state index in [0.29, 0.717) is 17.4 Å². The van der Waals surface area contributed by atoms with Crippen molar-refractivity contribution in [2.24, 2.45) is 0 Å². The molecule has 0 aromatic heterocycles. The van der Waals surface area contributed by atoms with Gasteiger partial charge in [-0.1, -0.05) is 35.3 Å². The summed E-state index contributed by atoms with van der Waals surface area (Å²) in [6, 6.07) is 8.92. The molecule has 0 heterocycles. The van der Waals surface area contributed by atoms with E-state index in [1.54, 1.807) is 12.1 Å². The SMILES string of the molecule is O=Cc1cc(Cl)c(OCc2cccc([N+](=O)[O-])c2)c(Cl)c1. The van der Waals surface area contributed by atoms with Crippen LogP contribution in [0.25, 0.3) is 0 Å². The van der Waals surface area contributed by atoms with Gasteiger partial charge in [-0.05, 0) is 17.7 Å². The lowest BCUT2D eigenvalue weighted by Crippen LogP contribution is -1.98. The number of hydrogen-bond acceptors (Lipinski definition) is 4. The summed E-state index contributed by atoms with van der Waals surface area (Å²) in [4.78, 5) is 20.9. The van der Waals surface area contributed by atoms with Gasteiger partial charge in [0.25, 0.3) is 5.69 Å². The Morgan fingerprint density at radius 3 is 2.43 bits per heavy atom. The van der Waals surface area contributed by atoms with E-state index in [4.69, 9.17) is 27.9 Å². The van der Waals surface area contributed by atoms with Crippen molar-refractivity contribution in [1.29, 1.82) is 0 Å². The van der Waals surface area contributed by atoms with Gasteiger partial charge in [0.1, 0.15) is 12.9 Å². The molecule has 2 rings (SSSR count). The maximum absolute atomic E-state index is 10.7. The number of carbonyl (C=O) groups is 1. The monoisotopic (exact) mass is 325 g/mol. The molecule has 2 aromatic carbocycles. The Bertz CT molecular complexity index is 680. The fraction of sp³-hybridized carbons (Fsp3) is 0.0714. The summed E-state index contributed by atoms with van der Waals surface area (Å²) in [5.41, 5.74) is 0.924. The summed E-state index contributed by atoms with van der Waals surface area (Å²) < 4.78 is 5.49. The molecule has 0 atom stereocenters. The highest BCUT2D eigenvalue weighted by atomic mass is 35.5. The first-order valence-corrected chi connectivity index (χ1v) is 6.57. The van der Waals surface area contributed by atoms with Gasteiger partial charge in [-0.25, -0.2) is 0 Å². The molecule has 0 N–H and O–H groups in total. The largest absolute Gasteiger partial charge is 0.486 e. The lowest BCUT2D eigenvalue weighted by atomic mass is 10.2. The third-order valence-corrected chi connectivity index (χ3v) is 3.22. The maximum Gasteiger partial charge on any atom is 0.269 e. The van der Waals surface area contributed by atoms with Gasteiger partial charge in [-0.15, -0.1) is 0 Å². The van der Waals surface area contributed by atoms with Crippen LogP contribution < -0.4 is 4.74 Å². The highest BCUT2D eigenvalue weighted by Crippen LogP contribution is 2.34. The third-order valence-electron chi connectivity index (χ3n) is 2.66. The van der Waals surface area contributed by atoms with Crippen molar-refractivity contribution in [3.05, 3.63) is 67.7 Å². The van der Waals surface area contributed by atoms with Crippen LogP contribution in [0.5, 0.6) is 5.75 Å². The molecule has 5 nitrogen and oxygen atoms in total. The van der Waals surface area contributed by atoms with Gasteiger partial charge in [-0.2, -0.15) is 0 Å². The van der Waals surface area contributed by atoms with E-state index in [-0.39, 0.29) is 28.1 Å². The molecule has 108 valence electrons. The molecule has 0 bridgehead atoms. The lowest BCUT2D eigenvalue weighted by Gasteiger charge is -2.10. The Morgan fingerprint density at radius 2 is 1.86 bits per heavy atom. The van der Waals surface area contributed by atoms with Gasteiger partial charge in [0.2, 0.25) is 0 Å². The number of nitro groups is 1. The van der Waals surface area contributed by atoms with Crippen LogP contribution in [0.2, 0.25) is 10.0 Å². The van der Waals surface area contributed by atoms with Crippen LogP contribution >= 0.6 is 23.2 Å². The molecule has 0 spiro atoms. The molecule has 0 unspecified atom stereocenters. The fourth-order valence-electron chi connectivity index (χ4n) is 1.70. The number of nitro benzene ring substituents is 1. The van der Waals surface area contributed by atoms with Gasteiger partial charge >= 0.3 is 0 Å². The number of halogens is 2.